The Kier molecular flexibility index (Phi) is 42.2. The summed E-state index contributed by atoms with van der Waals surface area (Å²) in [7, 11) is 5.38. The fraction of sp³-hybridized carbons (Fsp3) is 0.655. The third-order valence-corrected chi connectivity index (χ3v) is 10.5. The third-order valence-electron chi connectivity index (χ3n) is 10.5. The van der Waals surface area contributed by atoms with Gasteiger partial charge in [-0.25, -0.2) is 0 Å². The molecule has 0 aromatic rings. The first-order valence-electron chi connectivity index (χ1n) is 24.8. The highest BCUT2D eigenvalue weighted by Crippen LogP contribution is 2.12. The lowest BCUT2D eigenvalue weighted by Gasteiger charge is -2.34. The SMILES string of the molecule is CCCCC/C=C/C/C=C/C/C=C/C/C=C/C/C=C/CCCCC(=O)OCC(COCCC(C(=O)[O-])[N+](C)(C)C)OC(=O)CCCCCCC/C=C/C=C/C=C/CCCCCCC. The Bertz CT molecular complexity index is 1350. The number of hydrogen-bond donors (Lipinski definition) is 0. The minimum absolute atomic E-state index is 0.0122. The zero-order valence-corrected chi connectivity index (χ0v) is 40.7. The van der Waals surface area contributed by atoms with Crippen molar-refractivity contribution in [2.24, 2.45) is 0 Å². The summed E-state index contributed by atoms with van der Waals surface area (Å²) in [6.07, 6.45) is 60.0. The zero-order chi connectivity index (χ0) is 46.3. The van der Waals surface area contributed by atoms with Crippen LogP contribution in [0.3, 0.4) is 0 Å². The molecule has 0 heterocycles. The van der Waals surface area contributed by atoms with Crippen LogP contribution in [0.5, 0.6) is 0 Å². The summed E-state index contributed by atoms with van der Waals surface area (Å²) >= 11 is 0. The van der Waals surface area contributed by atoms with Crippen molar-refractivity contribution in [2.45, 2.75) is 193 Å². The van der Waals surface area contributed by atoms with Crippen LogP contribution in [0, 0.1) is 0 Å². The summed E-state index contributed by atoms with van der Waals surface area (Å²) in [4.78, 5) is 37.0. The van der Waals surface area contributed by atoms with Gasteiger partial charge in [-0.2, -0.15) is 0 Å². The number of carbonyl (C=O) groups excluding carboxylic acids is 3. The molecule has 2 unspecified atom stereocenters. The molecule has 8 heteroatoms. The molecule has 0 N–H and O–H groups in total. The van der Waals surface area contributed by atoms with Gasteiger partial charge in [0.25, 0.3) is 0 Å². The van der Waals surface area contributed by atoms with Crippen molar-refractivity contribution in [2.75, 3.05) is 41.0 Å². The van der Waals surface area contributed by atoms with E-state index in [0.29, 0.717) is 6.42 Å². The van der Waals surface area contributed by atoms with Crippen molar-refractivity contribution in [1.82, 2.24) is 0 Å². The molecule has 0 saturated heterocycles. The maximum Gasteiger partial charge on any atom is 0.306 e. The number of quaternary nitrogens is 1. The van der Waals surface area contributed by atoms with Crippen molar-refractivity contribution in [3.8, 4) is 0 Å². The first kappa shape index (κ1) is 59.2. The second-order valence-electron chi connectivity index (χ2n) is 17.4. The molecule has 2 atom stereocenters. The predicted octanol–water partition coefficient (Wildman–Crippen LogP) is 12.9. The minimum atomic E-state index is -1.14. The molecule has 0 radical (unpaired) electrons. The molecule has 0 saturated carbocycles. The highest BCUT2D eigenvalue weighted by atomic mass is 16.6. The topological polar surface area (TPSA) is 102 Å². The second-order valence-corrected chi connectivity index (χ2v) is 17.4. The summed E-state index contributed by atoms with van der Waals surface area (Å²) in [6.45, 7) is 4.54. The van der Waals surface area contributed by atoms with E-state index in [1.165, 1.54) is 57.8 Å². The van der Waals surface area contributed by atoms with Gasteiger partial charge in [-0.1, -0.05) is 169 Å². The number of likely N-dealkylation sites (N-methyl/N-ethyl adjacent to an activating group) is 1. The summed E-state index contributed by atoms with van der Waals surface area (Å²) in [6, 6.07) is -0.743. The number of carbonyl (C=O) groups is 3. The maximum atomic E-state index is 12.8. The number of esters is 2. The number of hydrogen-bond acceptors (Lipinski definition) is 7. The smallest absolute Gasteiger partial charge is 0.306 e. The first-order valence-corrected chi connectivity index (χ1v) is 24.8. The number of rotatable bonds is 43. The highest BCUT2D eigenvalue weighted by Gasteiger charge is 2.25. The molecular weight excluding hydrogens is 787 g/mol. The van der Waals surface area contributed by atoms with E-state index in [9.17, 15) is 19.5 Å². The quantitative estimate of drug-likeness (QED) is 0.0198. The van der Waals surface area contributed by atoms with Crippen LogP contribution in [0.15, 0.2) is 97.2 Å². The third kappa shape index (κ3) is 43.3. The van der Waals surface area contributed by atoms with E-state index in [1.54, 1.807) is 21.1 Å². The molecule has 0 fully saturated rings. The fourth-order valence-corrected chi connectivity index (χ4v) is 6.62. The van der Waals surface area contributed by atoms with Gasteiger partial charge in [0, 0.05) is 19.3 Å². The number of unbranched alkanes of at least 4 members (excludes halogenated alkanes) is 15. The number of nitrogens with zero attached hydrogens (tertiary/aromatic N) is 1. The molecule has 0 amide bonds. The monoisotopic (exact) mass is 878 g/mol. The van der Waals surface area contributed by atoms with Gasteiger partial charge in [0.15, 0.2) is 6.10 Å². The Balaban J connectivity index is 4.43. The first-order chi connectivity index (χ1) is 30.6. The number of carboxylic acid groups (broad SMARTS) is 1. The molecule has 0 bridgehead atoms. The molecule has 63 heavy (non-hydrogen) atoms. The standard InChI is InChI=1S/C55H91NO7/c1-6-8-10-12-14-16-18-20-22-24-26-27-28-30-31-33-35-37-39-41-43-45-53(57)62-50-51(49-61-48-47-52(55(59)60)56(3,4)5)63-54(58)46-44-42-40-38-36-34-32-29-25-23-21-19-17-15-13-11-9-7-2/h14,16,19-23,25-27,29-32,35,37,51-52H,6-13,15,17-18,24,28,33-34,36,38-50H2,1-5H3/b16-14+,21-19+,22-20+,25-23+,27-26+,31-30+,32-29+,37-35+. The molecule has 0 spiro atoms. The zero-order valence-electron chi connectivity index (χ0n) is 40.7. The van der Waals surface area contributed by atoms with E-state index >= 15 is 0 Å². The van der Waals surface area contributed by atoms with Gasteiger partial charge in [0.1, 0.15) is 12.6 Å². The molecule has 0 aliphatic heterocycles. The Morgan fingerprint density at radius 2 is 0.905 bits per heavy atom. The lowest BCUT2D eigenvalue weighted by molar-refractivity contribution is -0.889. The van der Waals surface area contributed by atoms with Crippen LogP contribution < -0.4 is 5.11 Å². The van der Waals surface area contributed by atoms with Gasteiger partial charge in [0.2, 0.25) is 0 Å². The molecular formula is C55H91NO7. The van der Waals surface area contributed by atoms with Crippen molar-refractivity contribution in [3.05, 3.63) is 97.2 Å². The van der Waals surface area contributed by atoms with Gasteiger partial charge < -0.3 is 28.6 Å². The molecule has 8 nitrogen and oxygen atoms in total. The summed E-state index contributed by atoms with van der Waals surface area (Å²) in [5.41, 5.74) is 0. The minimum Gasteiger partial charge on any atom is -0.544 e. The van der Waals surface area contributed by atoms with Crippen LogP contribution in [-0.4, -0.2) is 75.5 Å². The summed E-state index contributed by atoms with van der Waals surface area (Å²) in [5.74, 6) is -1.83. The van der Waals surface area contributed by atoms with E-state index in [0.717, 1.165) is 83.5 Å². The van der Waals surface area contributed by atoms with E-state index in [1.807, 2.05) is 0 Å². The van der Waals surface area contributed by atoms with Crippen LogP contribution in [-0.2, 0) is 28.6 Å². The van der Waals surface area contributed by atoms with Crippen molar-refractivity contribution >= 4 is 17.9 Å². The van der Waals surface area contributed by atoms with Gasteiger partial charge in [-0.3, -0.25) is 9.59 Å². The van der Waals surface area contributed by atoms with E-state index in [4.69, 9.17) is 14.2 Å². The number of aliphatic carboxylic acids is 1. The van der Waals surface area contributed by atoms with Gasteiger partial charge in [-0.15, -0.1) is 0 Å². The molecule has 358 valence electrons. The average molecular weight is 878 g/mol. The summed E-state index contributed by atoms with van der Waals surface area (Å²) in [5, 5.41) is 11.7. The Labute approximate surface area is 386 Å². The van der Waals surface area contributed by atoms with Crippen LogP contribution in [0.25, 0.3) is 0 Å². The number of allylic oxidation sites excluding steroid dienone is 16. The lowest BCUT2D eigenvalue weighted by Crippen LogP contribution is -2.55. The Morgan fingerprint density at radius 1 is 0.492 bits per heavy atom. The fourth-order valence-electron chi connectivity index (χ4n) is 6.62. The van der Waals surface area contributed by atoms with Crippen molar-refractivity contribution in [3.63, 3.8) is 0 Å². The maximum absolute atomic E-state index is 12.8. The second kappa shape index (κ2) is 44.8. The van der Waals surface area contributed by atoms with Gasteiger partial charge in [0.05, 0.1) is 40.3 Å². The van der Waals surface area contributed by atoms with Crippen molar-refractivity contribution in [1.29, 1.82) is 0 Å². The molecule has 0 rings (SSSR count). The Morgan fingerprint density at radius 3 is 1.43 bits per heavy atom. The highest BCUT2D eigenvalue weighted by molar-refractivity contribution is 5.70. The van der Waals surface area contributed by atoms with Crippen LogP contribution in [0.4, 0.5) is 0 Å². The normalized spacial score (nSPS) is 13.7. The van der Waals surface area contributed by atoms with E-state index in [-0.39, 0.29) is 55.5 Å². The predicted molar refractivity (Wildman–Crippen MR) is 263 cm³/mol. The molecule has 0 aromatic heterocycles. The van der Waals surface area contributed by atoms with Crippen LogP contribution in [0.1, 0.15) is 181 Å². The van der Waals surface area contributed by atoms with Gasteiger partial charge in [-0.05, 0) is 89.9 Å². The molecule has 0 aliphatic carbocycles. The average Bonchev–Trinajstić information content (AvgIpc) is 3.24. The largest absolute Gasteiger partial charge is 0.544 e. The van der Waals surface area contributed by atoms with E-state index < -0.39 is 18.1 Å². The van der Waals surface area contributed by atoms with Crippen LogP contribution in [0.2, 0.25) is 0 Å². The summed E-state index contributed by atoms with van der Waals surface area (Å²) < 4.78 is 17.1. The lowest BCUT2D eigenvalue weighted by atomic mass is 10.1. The molecule has 0 aliphatic rings. The Hall–Kier alpha value is -3.75. The van der Waals surface area contributed by atoms with E-state index in [2.05, 4.69) is 111 Å². The number of carboxylic acids is 1. The number of ether oxygens (including phenoxy) is 3. The van der Waals surface area contributed by atoms with Crippen LogP contribution >= 0.6 is 0 Å². The van der Waals surface area contributed by atoms with Gasteiger partial charge >= 0.3 is 11.9 Å². The van der Waals surface area contributed by atoms with Crippen molar-refractivity contribution < 1.29 is 38.2 Å². The molecule has 0 aromatic carbocycles.